The van der Waals surface area contributed by atoms with E-state index in [2.05, 4.69) is 29.9 Å². The molecule has 2 aromatic carbocycles. The fraction of sp³-hybridized carbons (Fsp3) is 0.280. The monoisotopic (exact) mass is 459 g/mol. The SMILES string of the molecule is CC(C)CCn1c(SC/C(O)=C(/C#N)c2nc3ccccc3n2C)nc2ccccc2c1=O. The number of nitriles is 1. The Bertz CT molecular complexity index is 1460. The van der Waals surface area contributed by atoms with E-state index in [9.17, 15) is 15.2 Å². The summed E-state index contributed by atoms with van der Waals surface area (Å²) in [4.78, 5) is 22.3. The smallest absolute Gasteiger partial charge is 0.262 e. The summed E-state index contributed by atoms with van der Waals surface area (Å²) in [7, 11) is 1.82. The molecule has 0 unspecified atom stereocenters. The summed E-state index contributed by atoms with van der Waals surface area (Å²) >= 11 is 1.24. The number of fused-ring (bicyclic) bond motifs is 2. The van der Waals surface area contributed by atoms with Gasteiger partial charge in [0.25, 0.3) is 5.56 Å². The molecule has 0 atom stereocenters. The van der Waals surface area contributed by atoms with E-state index in [-0.39, 0.29) is 22.6 Å². The molecule has 0 bridgehead atoms. The van der Waals surface area contributed by atoms with Crippen LogP contribution in [0.3, 0.4) is 0 Å². The zero-order valence-corrected chi connectivity index (χ0v) is 19.6. The van der Waals surface area contributed by atoms with Gasteiger partial charge in [-0.25, -0.2) is 9.97 Å². The maximum atomic E-state index is 13.1. The Labute approximate surface area is 196 Å². The van der Waals surface area contributed by atoms with E-state index in [4.69, 9.17) is 0 Å². The van der Waals surface area contributed by atoms with Crippen LogP contribution in [0.4, 0.5) is 0 Å². The van der Waals surface area contributed by atoms with Crippen molar-refractivity contribution in [2.75, 3.05) is 5.75 Å². The van der Waals surface area contributed by atoms with Gasteiger partial charge in [0.05, 0.1) is 27.7 Å². The lowest BCUT2D eigenvalue weighted by Crippen LogP contribution is -2.24. The molecular weight excluding hydrogens is 434 g/mol. The third kappa shape index (κ3) is 4.50. The van der Waals surface area contributed by atoms with Crippen LogP contribution in [-0.2, 0) is 13.6 Å². The zero-order chi connectivity index (χ0) is 23.5. The minimum absolute atomic E-state index is 0.0944. The average Bonchev–Trinajstić information content (AvgIpc) is 3.14. The van der Waals surface area contributed by atoms with Crippen molar-refractivity contribution in [3.63, 3.8) is 0 Å². The lowest BCUT2D eigenvalue weighted by molar-refractivity contribution is 0.419. The molecule has 0 aliphatic carbocycles. The van der Waals surface area contributed by atoms with Gasteiger partial charge in [-0.1, -0.05) is 49.9 Å². The highest BCUT2D eigenvalue weighted by molar-refractivity contribution is 7.99. The summed E-state index contributed by atoms with van der Waals surface area (Å²) in [6, 6.07) is 16.9. The van der Waals surface area contributed by atoms with Crippen LogP contribution in [0.5, 0.6) is 0 Å². The van der Waals surface area contributed by atoms with Crippen LogP contribution in [0.25, 0.3) is 27.5 Å². The number of aromatic nitrogens is 4. The molecule has 4 aromatic rings. The number of thioether (sulfide) groups is 1. The van der Waals surface area contributed by atoms with Crippen molar-refractivity contribution in [3.8, 4) is 6.07 Å². The number of aliphatic hydroxyl groups excluding tert-OH is 1. The number of hydrogen-bond donors (Lipinski definition) is 1. The average molecular weight is 460 g/mol. The molecular formula is C25H25N5O2S. The number of allylic oxidation sites excluding steroid dienone is 1. The van der Waals surface area contributed by atoms with Crippen molar-refractivity contribution >= 4 is 39.3 Å². The minimum atomic E-state index is -0.0984. The fourth-order valence-electron chi connectivity index (χ4n) is 3.66. The van der Waals surface area contributed by atoms with Gasteiger partial charge in [-0.2, -0.15) is 5.26 Å². The number of aryl methyl sites for hydroxylation is 1. The highest BCUT2D eigenvalue weighted by Crippen LogP contribution is 2.26. The Morgan fingerprint density at radius 3 is 2.52 bits per heavy atom. The summed E-state index contributed by atoms with van der Waals surface area (Å²) in [5.74, 6) is 0.829. The molecule has 1 N–H and O–H groups in total. The lowest BCUT2D eigenvalue weighted by Gasteiger charge is -2.14. The molecule has 2 heterocycles. The van der Waals surface area contributed by atoms with Crippen LogP contribution in [0.2, 0.25) is 0 Å². The highest BCUT2D eigenvalue weighted by atomic mass is 32.2. The number of aliphatic hydroxyl groups is 1. The summed E-state index contributed by atoms with van der Waals surface area (Å²) in [6.07, 6.45) is 0.832. The highest BCUT2D eigenvalue weighted by Gasteiger charge is 2.18. The van der Waals surface area contributed by atoms with Gasteiger partial charge in [-0.3, -0.25) is 9.36 Å². The van der Waals surface area contributed by atoms with Gasteiger partial charge >= 0.3 is 0 Å². The van der Waals surface area contributed by atoms with E-state index in [0.717, 1.165) is 17.5 Å². The Morgan fingerprint density at radius 1 is 1.12 bits per heavy atom. The second-order valence-electron chi connectivity index (χ2n) is 8.26. The maximum absolute atomic E-state index is 13.1. The molecule has 7 nitrogen and oxygen atoms in total. The first kappa shape index (κ1) is 22.6. The Balaban J connectivity index is 1.71. The summed E-state index contributed by atoms with van der Waals surface area (Å²) < 4.78 is 3.46. The number of para-hydroxylation sites is 3. The van der Waals surface area contributed by atoms with E-state index in [1.807, 2.05) is 49.5 Å². The van der Waals surface area contributed by atoms with Crippen LogP contribution < -0.4 is 5.56 Å². The number of rotatable bonds is 7. The molecule has 33 heavy (non-hydrogen) atoms. The molecule has 0 fully saturated rings. The largest absolute Gasteiger partial charge is 0.510 e. The summed E-state index contributed by atoms with van der Waals surface area (Å²) in [6.45, 7) is 4.75. The molecule has 2 aromatic heterocycles. The Morgan fingerprint density at radius 2 is 1.82 bits per heavy atom. The van der Waals surface area contributed by atoms with E-state index < -0.39 is 0 Å². The van der Waals surface area contributed by atoms with Gasteiger partial charge < -0.3 is 9.67 Å². The van der Waals surface area contributed by atoms with Gasteiger partial charge in [0.15, 0.2) is 11.0 Å². The maximum Gasteiger partial charge on any atom is 0.262 e. The summed E-state index contributed by atoms with van der Waals surface area (Å²) in [5, 5.41) is 21.7. The van der Waals surface area contributed by atoms with E-state index in [0.29, 0.717) is 34.3 Å². The Hall–Kier alpha value is -3.57. The third-order valence-corrected chi connectivity index (χ3v) is 6.49. The zero-order valence-electron chi connectivity index (χ0n) is 18.8. The van der Waals surface area contributed by atoms with E-state index >= 15 is 0 Å². The van der Waals surface area contributed by atoms with Crippen molar-refractivity contribution < 1.29 is 5.11 Å². The Kier molecular flexibility index (Phi) is 6.52. The standard InChI is InChI=1S/C25H25N5O2S/c1-16(2)12-13-30-24(32)17-8-4-5-9-19(17)28-25(30)33-15-22(31)18(14-26)23-27-20-10-6-7-11-21(20)29(23)3/h4-11,16,31H,12-13,15H2,1-3H3/b22-18+. The van der Waals surface area contributed by atoms with Crippen LogP contribution in [0.15, 0.2) is 64.2 Å². The van der Waals surface area contributed by atoms with Crippen molar-refractivity contribution in [2.24, 2.45) is 13.0 Å². The van der Waals surface area contributed by atoms with Gasteiger partial charge in [0.1, 0.15) is 17.4 Å². The van der Waals surface area contributed by atoms with Gasteiger partial charge in [-0.05, 0) is 36.6 Å². The molecule has 0 aliphatic rings. The fourth-order valence-corrected chi connectivity index (χ4v) is 4.56. The number of benzene rings is 2. The van der Waals surface area contributed by atoms with Crippen LogP contribution in [-0.4, -0.2) is 30.0 Å². The first-order valence-corrected chi connectivity index (χ1v) is 11.8. The van der Waals surface area contributed by atoms with E-state index in [1.165, 1.54) is 11.8 Å². The molecule has 0 spiro atoms. The van der Waals surface area contributed by atoms with Crippen molar-refractivity contribution in [2.45, 2.75) is 32.0 Å². The van der Waals surface area contributed by atoms with Crippen molar-refractivity contribution in [3.05, 3.63) is 70.5 Å². The number of nitrogens with zero attached hydrogens (tertiary/aromatic N) is 5. The number of hydrogen-bond acceptors (Lipinski definition) is 6. The first-order chi connectivity index (χ1) is 15.9. The summed E-state index contributed by atoms with van der Waals surface area (Å²) in [5.41, 5.74) is 2.26. The third-order valence-electron chi connectivity index (χ3n) is 5.51. The topological polar surface area (TPSA) is 96.7 Å². The van der Waals surface area contributed by atoms with Crippen molar-refractivity contribution in [1.29, 1.82) is 5.26 Å². The predicted molar refractivity (Wildman–Crippen MR) is 132 cm³/mol. The van der Waals surface area contributed by atoms with Crippen molar-refractivity contribution in [1.82, 2.24) is 19.1 Å². The van der Waals surface area contributed by atoms with Crippen LogP contribution >= 0.6 is 11.8 Å². The predicted octanol–water partition coefficient (Wildman–Crippen LogP) is 4.91. The quantitative estimate of drug-likeness (QED) is 0.182. The van der Waals surface area contributed by atoms with E-state index in [1.54, 1.807) is 15.2 Å². The second-order valence-corrected chi connectivity index (χ2v) is 9.20. The molecule has 168 valence electrons. The lowest BCUT2D eigenvalue weighted by atomic mass is 10.1. The minimum Gasteiger partial charge on any atom is -0.510 e. The van der Waals surface area contributed by atoms with Crippen LogP contribution in [0.1, 0.15) is 26.1 Å². The molecule has 8 heteroatoms. The molecule has 0 amide bonds. The number of imidazole rings is 1. The molecule has 0 radical (unpaired) electrons. The van der Waals surface area contributed by atoms with Gasteiger partial charge in [0.2, 0.25) is 0 Å². The van der Waals surface area contributed by atoms with Gasteiger partial charge in [-0.15, -0.1) is 0 Å². The molecule has 0 aliphatic heterocycles. The normalized spacial score (nSPS) is 12.3. The van der Waals surface area contributed by atoms with Crippen LogP contribution in [0, 0.1) is 17.2 Å². The van der Waals surface area contributed by atoms with Gasteiger partial charge in [0, 0.05) is 13.6 Å². The molecule has 4 rings (SSSR count). The molecule has 0 saturated carbocycles. The first-order valence-electron chi connectivity index (χ1n) is 10.8. The molecule has 0 saturated heterocycles. The second kappa shape index (κ2) is 9.51.